The van der Waals surface area contributed by atoms with Crippen LogP contribution in [0, 0.1) is 11.6 Å². The van der Waals surface area contributed by atoms with E-state index in [1.54, 1.807) is 12.5 Å². The molecule has 0 aliphatic carbocycles. The van der Waals surface area contributed by atoms with E-state index in [1.165, 1.54) is 17.4 Å². The van der Waals surface area contributed by atoms with E-state index >= 15 is 0 Å². The van der Waals surface area contributed by atoms with Gasteiger partial charge in [0.25, 0.3) is 0 Å². The number of carbonyl (C=O) groups excluding carboxylic acids is 1. The second kappa shape index (κ2) is 7.92. The van der Waals surface area contributed by atoms with Gasteiger partial charge in [-0.1, -0.05) is 6.07 Å². The first kappa shape index (κ1) is 17.8. The molecule has 2 aromatic carbocycles. The van der Waals surface area contributed by atoms with Gasteiger partial charge in [-0.25, -0.2) is 18.6 Å². The lowest BCUT2D eigenvalue weighted by molar-refractivity contribution is 0.0457. The summed E-state index contributed by atoms with van der Waals surface area (Å²) in [6.07, 6.45) is 0. The third-order valence-corrected chi connectivity index (χ3v) is 4.22. The number of methoxy groups -OCH3 is 1. The second-order valence-electron chi connectivity index (χ2n) is 5.17. The zero-order valence-electron chi connectivity index (χ0n) is 13.7. The topological polar surface area (TPSA) is 60.4 Å². The van der Waals surface area contributed by atoms with E-state index in [-0.39, 0.29) is 6.61 Å². The Morgan fingerprint density at radius 1 is 1.15 bits per heavy atom. The average Bonchev–Trinajstić information content (AvgIpc) is 3.08. The van der Waals surface area contributed by atoms with Crippen LogP contribution in [0.15, 0.2) is 47.8 Å². The predicted octanol–water partition coefficient (Wildman–Crippen LogP) is 4.53. The molecule has 0 saturated carbocycles. The van der Waals surface area contributed by atoms with Crippen LogP contribution in [0.2, 0.25) is 0 Å². The van der Waals surface area contributed by atoms with E-state index < -0.39 is 23.2 Å². The van der Waals surface area contributed by atoms with Crippen LogP contribution in [-0.2, 0) is 11.3 Å². The van der Waals surface area contributed by atoms with Gasteiger partial charge in [-0.15, -0.1) is 11.3 Å². The Labute approximate surface area is 152 Å². The molecule has 0 spiro atoms. The number of ether oxygens (including phenoxy) is 2. The molecule has 26 heavy (non-hydrogen) atoms. The standard InChI is InChI=1S/C18H14F2N2O3S/c1-24-13-7-5-11(6-8-13)21-18-22-12(10-26-18)9-25-17(23)16-14(19)3-2-4-15(16)20/h2-8,10H,9H2,1H3,(H,21,22). The summed E-state index contributed by atoms with van der Waals surface area (Å²) in [6, 6.07) is 10.5. The Balaban J connectivity index is 1.60. The zero-order valence-corrected chi connectivity index (χ0v) is 14.5. The fourth-order valence-corrected chi connectivity index (χ4v) is 2.85. The fraction of sp³-hybridized carbons (Fsp3) is 0.111. The Morgan fingerprint density at radius 3 is 2.50 bits per heavy atom. The lowest BCUT2D eigenvalue weighted by atomic mass is 10.2. The van der Waals surface area contributed by atoms with Crippen LogP contribution in [0.25, 0.3) is 0 Å². The highest BCUT2D eigenvalue weighted by molar-refractivity contribution is 7.13. The van der Waals surface area contributed by atoms with Crippen molar-refractivity contribution in [3.8, 4) is 5.75 Å². The predicted molar refractivity (Wildman–Crippen MR) is 93.9 cm³/mol. The summed E-state index contributed by atoms with van der Waals surface area (Å²) in [6.45, 7) is -0.187. The number of carbonyl (C=O) groups is 1. The Bertz CT molecular complexity index is 893. The number of benzene rings is 2. The first-order chi connectivity index (χ1) is 12.6. The summed E-state index contributed by atoms with van der Waals surface area (Å²) >= 11 is 1.32. The third kappa shape index (κ3) is 4.15. The van der Waals surface area contributed by atoms with Crippen molar-refractivity contribution >= 4 is 28.1 Å². The molecule has 0 atom stereocenters. The summed E-state index contributed by atoms with van der Waals surface area (Å²) in [5.41, 5.74) is 0.576. The highest BCUT2D eigenvalue weighted by Crippen LogP contribution is 2.23. The first-order valence-electron chi connectivity index (χ1n) is 7.53. The van der Waals surface area contributed by atoms with Gasteiger partial charge >= 0.3 is 5.97 Å². The van der Waals surface area contributed by atoms with Crippen molar-refractivity contribution in [2.45, 2.75) is 6.61 Å². The molecule has 1 heterocycles. The highest BCUT2D eigenvalue weighted by atomic mass is 32.1. The Morgan fingerprint density at radius 2 is 1.85 bits per heavy atom. The smallest absolute Gasteiger partial charge is 0.344 e. The second-order valence-corrected chi connectivity index (χ2v) is 6.03. The Hall–Kier alpha value is -3.00. The molecule has 1 aromatic heterocycles. The molecule has 0 amide bonds. The first-order valence-corrected chi connectivity index (χ1v) is 8.41. The zero-order chi connectivity index (χ0) is 18.5. The van der Waals surface area contributed by atoms with Crippen molar-refractivity contribution in [3.63, 3.8) is 0 Å². The van der Waals surface area contributed by atoms with Gasteiger partial charge in [-0.3, -0.25) is 0 Å². The van der Waals surface area contributed by atoms with Gasteiger partial charge in [0.15, 0.2) is 5.13 Å². The molecule has 0 saturated heterocycles. The number of anilines is 2. The number of esters is 1. The highest BCUT2D eigenvalue weighted by Gasteiger charge is 2.19. The van der Waals surface area contributed by atoms with Gasteiger partial charge in [0.05, 0.1) is 12.8 Å². The fourth-order valence-electron chi connectivity index (χ4n) is 2.13. The van der Waals surface area contributed by atoms with Crippen LogP contribution in [0.4, 0.5) is 19.6 Å². The molecule has 0 fully saturated rings. The molecule has 1 N–H and O–H groups in total. The molecule has 0 unspecified atom stereocenters. The molecule has 3 rings (SSSR count). The molecular weight excluding hydrogens is 362 g/mol. The van der Waals surface area contributed by atoms with Gasteiger partial charge in [0.1, 0.15) is 29.6 Å². The van der Waals surface area contributed by atoms with Gasteiger partial charge < -0.3 is 14.8 Å². The summed E-state index contributed by atoms with van der Waals surface area (Å²) in [4.78, 5) is 16.1. The van der Waals surface area contributed by atoms with Crippen LogP contribution < -0.4 is 10.1 Å². The molecular formula is C18H14F2N2O3S. The molecule has 0 radical (unpaired) electrons. The molecule has 0 bridgehead atoms. The summed E-state index contributed by atoms with van der Waals surface area (Å²) < 4.78 is 37.1. The number of nitrogens with zero attached hydrogens (tertiary/aromatic N) is 1. The van der Waals surface area contributed by atoms with Crippen LogP contribution in [-0.4, -0.2) is 18.1 Å². The molecule has 0 aliphatic rings. The van der Waals surface area contributed by atoms with Crippen molar-refractivity contribution in [2.24, 2.45) is 0 Å². The van der Waals surface area contributed by atoms with Crippen molar-refractivity contribution in [1.82, 2.24) is 4.98 Å². The summed E-state index contributed by atoms with van der Waals surface area (Å²) in [5, 5.41) is 5.39. The van der Waals surface area contributed by atoms with Gasteiger partial charge in [0, 0.05) is 11.1 Å². The van der Waals surface area contributed by atoms with Crippen LogP contribution in [0.1, 0.15) is 16.1 Å². The van der Waals surface area contributed by atoms with Crippen molar-refractivity contribution < 1.29 is 23.0 Å². The number of nitrogens with one attached hydrogen (secondary N) is 1. The summed E-state index contributed by atoms with van der Waals surface area (Å²) in [7, 11) is 1.59. The third-order valence-electron chi connectivity index (χ3n) is 3.41. The van der Waals surface area contributed by atoms with Crippen molar-refractivity contribution in [3.05, 3.63) is 70.7 Å². The van der Waals surface area contributed by atoms with Crippen LogP contribution >= 0.6 is 11.3 Å². The minimum absolute atomic E-state index is 0.187. The SMILES string of the molecule is COc1ccc(Nc2nc(COC(=O)c3c(F)cccc3F)cs2)cc1. The number of aromatic nitrogens is 1. The molecule has 0 aliphatic heterocycles. The van der Waals surface area contributed by atoms with Crippen LogP contribution in [0.5, 0.6) is 5.75 Å². The number of thiazole rings is 1. The number of hydrogen-bond donors (Lipinski definition) is 1. The average molecular weight is 376 g/mol. The maximum absolute atomic E-state index is 13.6. The van der Waals surface area contributed by atoms with Gasteiger partial charge in [0.2, 0.25) is 0 Å². The van der Waals surface area contributed by atoms with E-state index in [4.69, 9.17) is 9.47 Å². The van der Waals surface area contributed by atoms with E-state index in [9.17, 15) is 13.6 Å². The lowest BCUT2D eigenvalue weighted by Crippen LogP contribution is -2.10. The Kier molecular flexibility index (Phi) is 5.43. The maximum atomic E-state index is 13.6. The molecule has 3 aromatic rings. The van der Waals surface area contributed by atoms with Crippen molar-refractivity contribution in [1.29, 1.82) is 0 Å². The molecule has 5 nitrogen and oxygen atoms in total. The normalized spacial score (nSPS) is 10.4. The van der Waals surface area contributed by atoms with Crippen LogP contribution in [0.3, 0.4) is 0 Å². The van der Waals surface area contributed by atoms with Gasteiger partial charge in [-0.05, 0) is 36.4 Å². The molecule has 8 heteroatoms. The minimum atomic E-state index is -1.07. The number of halogens is 2. The quantitative estimate of drug-likeness (QED) is 0.641. The molecule has 134 valence electrons. The van der Waals surface area contributed by atoms with E-state index in [1.807, 2.05) is 24.3 Å². The van der Waals surface area contributed by atoms with E-state index in [0.717, 1.165) is 23.6 Å². The number of hydrogen-bond acceptors (Lipinski definition) is 6. The van der Waals surface area contributed by atoms with Crippen molar-refractivity contribution in [2.75, 3.05) is 12.4 Å². The van der Waals surface area contributed by atoms with E-state index in [0.29, 0.717) is 10.8 Å². The summed E-state index contributed by atoms with van der Waals surface area (Å²) in [5.74, 6) is -2.26. The van der Waals surface area contributed by atoms with Gasteiger partial charge in [-0.2, -0.15) is 0 Å². The minimum Gasteiger partial charge on any atom is -0.497 e. The lowest BCUT2D eigenvalue weighted by Gasteiger charge is -2.05. The largest absolute Gasteiger partial charge is 0.497 e. The van der Waals surface area contributed by atoms with E-state index in [2.05, 4.69) is 10.3 Å². The number of rotatable bonds is 6. The maximum Gasteiger partial charge on any atom is 0.344 e. The monoisotopic (exact) mass is 376 g/mol.